The van der Waals surface area contributed by atoms with Gasteiger partial charge in [0.1, 0.15) is 11.6 Å². The van der Waals surface area contributed by atoms with Crippen molar-refractivity contribution in [3.05, 3.63) is 71.3 Å². The third-order valence-corrected chi connectivity index (χ3v) is 5.58. The van der Waals surface area contributed by atoms with Crippen LogP contribution in [0.25, 0.3) is 0 Å². The second-order valence-corrected chi connectivity index (χ2v) is 8.53. The second-order valence-electron chi connectivity index (χ2n) is 8.53. The van der Waals surface area contributed by atoms with Crippen LogP contribution in [-0.4, -0.2) is 35.5 Å². The third kappa shape index (κ3) is 8.37. The second kappa shape index (κ2) is 13.8. The molecule has 2 aromatic carbocycles. The fraction of sp³-hybridized carbons (Fsp3) is 0.357. The quantitative estimate of drug-likeness (QED) is 0.283. The van der Waals surface area contributed by atoms with Crippen LogP contribution in [0.2, 0.25) is 0 Å². The minimum absolute atomic E-state index is 0.0157. The van der Waals surface area contributed by atoms with Crippen LogP contribution < -0.4 is 20.1 Å². The van der Waals surface area contributed by atoms with Gasteiger partial charge in [-0.15, -0.1) is 0 Å². The summed E-state index contributed by atoms with van der Waals surface area (Å²) in [5, 5.41) is 5.37. The summed E-state index contributed by atoms with van der Waals surface area (Å²) in [5.41, 5.74) is 1.97. The zero-order chi connectivity index (χ0) is 25.8. The Kier molecular flexibility index (Phi) is 10.2. The topological polar surface area (TPSA) is 102 Å². The van der Waals surface area contributed by atoms with Crippen molar-refractivity contribution in [1.29, 1.82) is 0 Å². The minimum atomic E-state index is -0.387. The lowest BCUT2D eigenvalue weighted by molar-refractivity contribution is 0.101. The van der Waals surface area contributed by atoms with Crippen molar-refractivity contribution in [3.63, 3.8) is 0 Å². The molecule has 0 atom stereocenters. The van der Waals surface area contributed by atoms with Crippen LogP contribution in [0.4, 0.5) is 11.8 Å². The van der Waals surface area contributed by atoms with Crippen molar-refractivity contribution in [2.75, 3.05) is 24.4 Å². The molecule has 0 fully saturated rings. The predicted octanol–water partition coefficient (Wildman–Crippen LogP) is 6.04. The maximum atomic E-state index is 12.7. The normalized spacial score (nSPS) is 10.5. The molecule has 0 spiro atoms. The maximum Gasteiger partial charge on any atom is 0.258 e. The minimum Gasteiger partial charge on any atom is -0.494 e. The van der Waals surface area contributed by atoms with E-state index in [1.54, 1.807) is 36.4 Å². The molecule has 8 nitrogen and oxygen atoms in total. The number of rotatable bonds is 13. The summed E-state index contributed by atoms with van der Waals surface area (Å²) in [6.07, 6.45) is 7.22. The molecule has 1 aromatic heterocycles. The number of nitrogens with zero attached hydrogens (tertiary/aromatic N) is 2. The van der Waals surface area contributed by atoms with E-state index in [0.717, 1.165) is 24.2 Å². The summed E-state index contributed by atoms with van der Waals surface area (Å²) in [7, 11) is 1.45. The summed E-state index contributed by atoms with van der Waals surface area (Å²) >= 11 is 0. The van der Waals surface area contributed by atoms with Crippen molar-refractivity contribution in [2.45, 2.75) is 52.4 Å². The highest BCUT2D eigenvalue weighted by Crippen LogP contribution is 2.19. The lowest BCUT2D eigenvalue weighted by Crippen LogP contribution is -2.17. The van der Waals surface area contributed by atoms with E-state index >= 15 is 0 Å². The predicted molar refractivity (Wildman–Crippen MR) is 141 cm³/mol. The molecule has 2 N–H and O–H groups in total. The van der Waals surface area contributed by atoms with E-state index in [0.29, 0.717) is 17.7 Å². The summed E-state index contributed by atoms with van der Waals surface area (Å²) < 4.78 is 11.0. The van der Waals surface area contributed by atoms with Gasteiger partial charge >= 0.3 is 0 Å². The molecule has 0 aliphatic carbocycles. The molecular formula is C28H34N4O4. The number of hydrogen-bond donors (Lipinski definition) is 2. The zero-order valence-corrected chi connectivity index (χ0v) is 21.2. The number of benzene rings is 2. The number of amides is 2. The number of nitrogens with one attached hydrogen (secondary N) is 2. The first-order valence-electron chi connectivity index (χ1n) is 12.3. The number of anilines is 2. The number of unbranched alkanes of at least 4 members (excludes halogenated alkanes) is 5. The van der Waals surface area contributed by atoms with Gasteiger partial charge in [0.2, 0.25) is 11.8 Å². The van der Waals surface area contributed by atoms with Crippen LogP contribution in [-0.2, 0) is 0 Å². The zero-order valence-electron chi connectivity index (χ0n) is 21.2. The van der Waals surface area contributed by atoms with Crippen molar-refractivity contribution >= 4 is 23.6 Å². The maximum absolute atomic E-state index is 12.7. The Bertz CT molecular complexity index is 1130. The number of ether oxygens (including phenoxy) is 2. The Hall–Kier alpha value is -3.94. The molecule has 0 aliphatic heterocycles. The molecule has 0 unspecified atom stereocenters. The van der Waals surface area contributed by atoms with Crippen molar-refractivity contribution in [2.24, 2.45) is 0 Å². The molecule has 0 aliphatic rings. The molecular weight excluding hydrogens is 456 g/mol. The Morgan fingerprint density at radius 1 is 0.806 bits per heavy atom. The highest BCUT2D eigenvalue weighted by Gasteiger charge is 2.13. The first kappa shape index (κ1) is 26.7. The van der Waals surface area contributed by atoms with Crippen LogP contribution >= 0.6 is 0 Å². The van der Waals surface area contributed by atoms with Gasteiger partial charge in [-0.25, -0.2) is 0 Å². The van der Waals surface area contributed by atoms with Crippen LogP contribution in [0.5, 0.6) is 11.6 Å². The van der Waals surface area contributed by atoms with Gasteiger partial charge in [0.15, 0.2) is 0 Å². The average Bonchev–Trinajstić information content (AvgIpc) is 2.88. The monoisotopic (exact) mass is 490 g/mol. The highest BCUT2D eigenvalue weighted by atomic mass is 16.5. The van der Waals surface area contributed by atoms with Gasteiger partial charge < -0.3 is 14.8 Å². The molecule has 0 saturated carbocycles. The van der Waals surface area contributed by atoms with Gasteiger partial charge in [0, 0.05) is 17.2 Å². The number of hydrogen-bond acceptors (Lipinski definition) is 6. The average molecular weight is 491 g/mol. The summed E-state index contributed by atoms with van der Waals surface area (Å²) in [6, 6.07) is 15.6. The SMILES string of the molecule is CCCCCCCCOc1ccc(C(=O)Nc2nc(NC(=O)c3ccc(C)cc3)cc(OC)n2)cc1. The molecule has 190 valence electrons. The molecule has 0 bridgehead atoms. The smallest absolute Gasteiger partial charge is 0.258 e. The van der Waals surface area contributed by atoms with E-state index in [-0.39, 0.29) is 29.5 Å². The number of carbonyl (C=O) groups is 2. The summed E-state index contributed by atoms with van der Waals surface area (Å²) in [5.74, 6) is 0.436. The largest absolute Gasteiger partial charge is 0.494 e. The molecule has 1 heterocycles. The number of aromatic nitrogens is 2. The van der Waals surface area contributed by atoms with Crippen molar-refractivity contribution in [3.8, 4) is 11.6 Å². The van der Waals surface area contributed by atoms with E-state index in [4.69, 9.17) is 9.47 Å². The molecule has 0 radical (unpaired) electrons. The van der Waals surface area contributed by atoms with Gasteiger partial charge in [-0.05, 0) is 49.7 Å². The lowest BCUT2D eigenvalue weighted by Gasteiger charge is -2.10. The van der Waals surface area contributed by atoms with Gasteiger partial charge in [0.25, 0.3) is 11.8 Å². The molecule has 36 heavy (non-hydrogen) atoms. The Morgan fingerprint density at radius 3 is 2.08 bits per heavy atom. The van der Waals surface area contributed by atoms with Crippen LogP contribution in [0.3, 0.4) is 0 Å². The first-order chi connectivity index (χ1) is 17.5. The summed E-state index contributed by atoms with van der Waals surface area (Å²) in [6.45, 7) is 4.82. The van der Waals surface area contributed by atoms with Gasteiger partial charge in [-0.2, -0.15) is 9.97 Å². The summed E-state index contributed by atoms with van der Waals surface area (Å²) in [4.78, 5) is 33.7. The van der Waals surface area contributed by atoms with Crippen LogP contribution in [0.15, 0.2) is 54.6 Å². The molecule has 3 rings (SSSR count). The Morgan fingerprint density at radius 2 is 1.42 bits per heavy atom. The van der Waals surface area contributed by atoms with E-state index in [1.807, 2.05) is 19.1 Å². The van der Waals surface area contributed by atoms with E-state index in [9.17, 15) is 9.59 Å². The molecule has 2 amide bonds. The Labute approximate surface area is 212 Å². The van der Waals surface area contributed by atoms with E-state index < -0.39 is 0 Å². The van der Waals surface area contributed by atoms with E-state index in [2.05, 4.69) is 27.5 Å². The van der Waals surface area contributed by atoms with E-state index in [1.165, 1.54) is 38.9 Å². The van der Waals surface area contributed by atoms with Gasteiger partial charge in [-0.3, -0.25) is 14.9 Å². The number of aryl methyl sites for hydroxylation is 1. The highest BCUT2D eigenvalue weighted by molar-refractivity contribution is 6.05. The Balaban J connectivity index is 1.56. The lowest BCUT2D eigenvalue weighted by atomic mass is 10.1. The number of carbonyl (C=O) groups excluding carboxylic acids is 2. The van der Waals surface area contributed by atoms with Gasteiger partial charge in [0.05, 0.1) is 13.7 Å². The third-order valence-electron chi connectivity index (χ3n) is 5.58. The van der Waals surface area contributed by atoms with Crippen molar-refractivity contribution in [1.82, 2.24) is 9.97 Å². The van der Waals surface area contributed by atoms with Crippen molar-refractivity contribution < 1.29 is 19.1 Å². The fourth-order valence-electron chi connectivity index (χ4n) is 3.49. The molecule has 0 saturated heterocycles. The van der Waals surface area contributed by atoms with Gasteiger partial charge in [-0.1, -0.05) is 56.7 Å². The first-order valence-corrected chi connectivity index (χ1v) is 12.3. The fourth-order valence-corrected chi connectivity index (χ4v) is 3.49. The molecule has 3 aromatic rings. The van der Waals surface area contributed by atoms with Crippen LogP contribution in [0, 0.1) is 6.92 Å². The van der Waals surface area contributed by atoms with Crippen LogP contribution in [0.1, 0.15) is 71.7 Å². The standard InChI is InChI=1S/C28H34N4O4/c1-4-5-6-7-8-9-18-36-23-16-14-22(15-17-23)27(34)32-28-30-24(19-25(31-28)35-3)29-26(33)21-12-10-20(2)11-13-21/h10-17,19H,4-9,18H2,1-3H3,(H2,29,30,31,32,33,34). The molecule has 8 heteroatoms. The number of methoxy groups -OCH3 is 1.